The summed E-state index contributed by atoms with van der Waals surface area (Å²) in [6.45, 7) is 3.04. The Morgan fingerprint density at radius 2 is 2.24 bits per heavy atom. The van der Waals surface area contributed by atoms with Crippen LogP contribution in [0.2, 0.25) is 0 Å². The fourth-order valence-corrected chi connectivity index (χ4v) is 2.77. The van der Waals surface area contributed by atoms with Crippen LogP contribution in [-0.4, -0.2) is 19.7 Å². The maximum absolute atomic E-state index is 14.0. The second-order valence-electron chi connectivity index (χ2n) is 4.59. The third kappa shape index (κ3) is 2.60. The van der Waals surface area contributed by atoms with Gasteiger partial charge < -0.3 is 10.1 Å². The highest BCUT2D eigenvalue weighted by molar-refractivity contribution is 5.32. The minimum atomic E-state index is -0.140. The third-order valence-corrected chi connectivity index (χ3v) is 3.59. The molecule has 0 bridgehead atoms. The van der Waals surface area contributed by atoms with Crippen molar-refractivity contribution in [2.24, 2.45) is 0 Å². The summed E-state index contributed by atoms with van der Waals surface area (Å²) < 4.78 is 19.0. The molecule has 1 saturated carbocycles. The number of likely N-dealkylation sites (N-methyl/N-ethyl adjacent to an activating group) is 1. The minimum Gasteiger partial charge on any atom is -0.497 e. The predicted molar refractivity (Wildman–Crippen MR) is 67.0 cm³/mol. The molecule has 2 atom stereocenters. The van der Waals surface area contributed by atoms with E-state index in [0.29, 0.717) is 17.7 Å². The Balaban J connectivity index is 2.21. The number of halogens is 1. The van der Waals surface area contributed by atoms with Crippen LogP contribution in [0.1, 0.15) is 37.7 Å². The van der Waals surface area contributed by atoms with Crippen LogP contribution in [0.25, 0.3) is 0 Å². The first kappa shape index (κ1) is 12.4. The molecule has 0 spiro atoms. The van der Waals surface area contributed by atoms with Gasteiger partial charge in [-0.25, -0.2) is 4.39 Å². The molecular weight excluding hydrogens is 217 g/mol. The van der Waals surface area contributed by atoms with Crippen molar-refractivity contribution in [2.75, 3.05) is 13.7 Å². The van der Waals surface area contributed by atoms with Gasteiger partial charge in [0.1, 0.15) is 11.6 Å². The highest BCUT2D eigenvalue weighted by atomic mass is 19.1. The minimum absolute atomic E-state index is 0.140. The van der Waals surface area contributed by atoms with E-state index in [4.69, 9.17) is 4.74 Å². The Labute approximate surface area is 102 Å². The first-order valence-electron chi connectivity index (χ1n) is 6.33. The van der Waals surface area contributed by atoms with Crippen LogP contribution >= 0.6 is 0 Å². The molecule has 2 unspecified atom stereocenters. The van der Waals surface area contributed by atoms with Crippen LogP contribution in [0, 0.1) is 5.82 Å². The Bertz CT molecular complexity index is 380. The molecule has 0 saturated heterocycles. The van der Waals surface area contributed by atoms with Gasteiger partial charge in [0, 0.05) is 18.0 Å². The van der Waals surface area contributed by atoms with Gasteiger partial charge in [-0.3, -0.25) is 0 Å². The number of rotatable bonds is 4. The van der Waals surface area contributed by atoms with E-state index in [2.05, 4.69) is 12.2 Å². The first-order valence-corrected chi connectivity index (χ1v) is 6.33. The van der Waals surface area contributed by atoms with Gasteiger partial charge in [-0.1, -0.05) is 19.4 Å². The lowest BCUT2D eigenvalue weighted by Crippen LogP contribution is -2.31. The maximum atomic E-state index is 14.0. The van der Waals surface area contributed by atoms with Crippen molar-refractivity contribution in [3.05, 3.63) is 29.6 Å². The number of hydrogen-bond donors (Lipinski definition) is 1. The van der Waals surface area contributed by atoms with E-state index >= 15 is 0 Å². The predicted octanol–water partition coefficient (Wildman–Crippen LogP) is 3.08. The lowest BCUT2D eigenvalue weighted by Gasteiger charge is -2.21. The Hall–Kier alpha value is -1.09. The molecule has 17 heavy (non-hydrogen) atoms. The normalized spacial score (nSPS) is 23.9. The van der Waals surface area contributed by atoms with Gasteiger partial charge in [-0.2, -0.15) is 0 Å². The molecule has 1 aliphatic carbocycles. The summed E-state index contributed by atoms with van der Waals surface area (Å²) in [7, 11) is 1.56. The van der Waals surface area contributed by atoms with Gasteiger partial charge in [0.25, 0.3) is 0 Å². The van der Waals surface area contributed by atoms with Crippen LogP contribution < -0.4 is 10.1 Å². The van der Waals surface area contributed by atoms with E-state index in [0.717, 1.165) is 24.9 Å². The second kappa shape index (κ2) is 5.50. The van der Waals surface area contributed by atoms with Crippen LogP contribution in [0.4, 0.5) is 4.39 Å². The molecule has 0 heterocycles. The molecule has 1 N–H and O–H groups in total. The average Bonchev–Trinajstić information content (AvgIpc) is 2.77. The highest BCUT2D eigenvalue weighted by Crippen LogP contribution is 2.36. The topological polar surface area (TPSA) is 21.3 Å². The van der Waals surface area contributed by atoms with Crippen molar-refractivity contribution in [3.63, 3.8) is 0 Å². The van der Waals surface area contributed by atoms with Gasteiger partial charge in [0.2, 0.25) is 0 Å². The van der Waals surface area contributed by atoms with Crippen molar-refractivity contribution >= 4 is 0 Å². The van der Waals surface area contributed by atoms with Gasteiger partial charge in [0.05, 0.1) is 7.11 Å². The Kier molecular flexibility index (Phi) is 4.00. The summed E-state index contributed by atoms with van der Waals surface area (Å²) in [5.74, 6) is 0.754. The van der Waals surface area contributed by atoms with Crippen LogP contribution in [0.3, 0.4) is 0 Å². The monoisotopic (exact) mass is 237 g/mol. The first-order chi connectivity index (χ1) is 8.26. The molecule has 0 radical (unpaired) electrons. The number of ether oxygens (including phenoxy) is 1. The molecule has 1 aromatic carbocycles. The molecule has 94 valence electrons. The molecule has 2 rings (SSSR count). The molecule has 3 heteroatoms. The molecule has 2 nitrogen and oxygen atoms in total. The van der Waals surface area contributed by atoms with E-state index in [1.807, 2.05) is 12.1 Å². The lowest BCUT2D eigenvalue weighted by molar-refractivity contribution is 0.408. The number of benzene rings is 1. The quantitative estimate of drug-likeness (QED) is 0.869. The summed E-state index contributed by atoms with van der Waals surface area (Å²) in [6, 6.07) is 5.62. The highest BCUT2D eigenvalue weighted by Gasteiger charge is 2.29. The average molecular weight is 237 g/mol. The molecule has 0 aliphatic heterocycles. The summed E-state index contributed by atoms with van der Waals surface area (Å²) >= 11 is 0. The summed E-state index contributed by atoms with van der Waals surface area (Å²) in [6.07, 6.45) is 3.39. The number of nitrogens with one attached hydrogen (secondary N) is 1. The number of methoxy groups -OCH3 is 1. The molecule has 0 aromatic heterocycles. The van der Waals surface area contributed by atoms with Crippen molar-refractivity contribution in [3.8, 4) is 5.75 Å². The zero-order valence-corrected chi connectivity index (χ0v) is 10.5. The Morgan fingerprint density at radius 3 is 2.88 bits per heavy atom. The molecule has 1 fully saturated rings. The summed E-state index contributed by atoms with van der Waals surface area (Å²) in [4.78, 5) is 0. The smallest absolute Gasteiger partial charge is 0.130 e. The fraction of sp³-hybridized carbons (Fsp3) is 0.571. The molecule has 1 aliphatic rings. The van der Waals surface area contributed by atoms with Crippen molar-refractivity contribution in [1.82, 2.24) is 5.32 Å². The second-order valence-corrected chi connectivity index (χ2v) is 4.59. The molecule has 0 amide bonds. The summed E-state index contributed by atoms with van der Waals surface area (Å²) in [5, 5.41) is 3.45. The van der Waals surface area contributed by atoms with E-state index < -0.39 is 0 Å². The van der Waals surface area contributed by atoms with E-state index in [9.17, 15) is 4.39 Å². The molecular formula is C14H20FNO. The zero-order valence-electron chi connectivity index (χ0n) is 10.5. The van der Waals surface area contributed by atoms with Crippen molar-refractivity contribution < 1.29 is 9.13 Å². The van der Waals surface area contributed by atoms with Gasteiger partial charge in [-0.15, -0.1) is 0 Å². The largest absolute Gasteiger partial charge is 0.497 e. The van der Waals surface area contributed by atoms with E-state index in [1.54, 1.807) is 7.11 Å². The molecule has 1 aromatic rings. The van der Waals surface area contributed by atoms with Crippen LogP contribution in [0.15, 0.2) is 18.2 Å². The van der Waals surface area contributed by atoms with Gasteiger partial charge in [0.15, 0.2) is 0 Å². The van der Waals surface area contributed by atoms with Crippen molar-refractivity contribution in [1.29, 1.82) is 0 Å². The third-order valence-electron chi connectivity index (χ3n) is 3.59. The maximum Gasteiger partial charge on any atom is 0.130 e. The van der Waals surface area contributed by atoms with Crippen LogP contribution in [-0.2, 0) is 0 Å². The zero-order chi connectivity index (χ0) is 12.3. The van der Waals surface area contributed by atoms with Crippen LogP contribution in [0.5, 0.6) is 5.75 Å². The fourth-order valence-electron chi connectivity index (χ4n) is 2.77. The SMILES string of the molecule is CCNC1CCCC1c1ccc(OC)cc1F. The lowest BCUT2D eigenvalue weighted by atomic mass is 9.93. The van der Waals surface area contributed by atoms with Gasteiger partial charge in [-0.05, 0) is 31.0 Å². The Morgan fingerprint density at radius 1 is 1.41 bits per heavy atom. The van der Waals surface area contributed by atoms with Gasteiger partial charge >= 0.3 is 0 Å². The summed E-state index contributed by atoms with van der Waals surface area (Å²) in [5.41, 5.74) is 0.828. The van der Waals surface area contributed by atoms with E-state index in [-0.39, 0.29) is 5.82 Å². The number of hydrogen-bond acceptors (Lipinski definition) is 2. The standard InChI is InChI=1S/C14H20FNO/c1-3-16-14-6-4-5-12(14)11-8-7-10(17-2)9-13(11)15/h7-9,12,14,16H,3-6H2,1-2H3. The van der Waals surface area contributed by atoms with E-state index in [1.165, 1.54) is 12.5 Å². The van der Waals surface area contributed by atoms with Crippen molar-refractivity contribution in [2.45, 2.75) is 38.1 Å².